The zero-order valence-electron chi connectivity index (χ0n) is 7.24. The van der Waals surface area contributed by atoms with Gasteiger partial charge >= 0.3 is 0 Å². The van der Waals surface area contributed by atoms with Crippen LogP contribution in [-0.4, -0.2) is 20.6 Å². The number of nitrogens with zero attached hydrogens (tertiary/aromatic N) is 3. The fourth-order valence-corrected chi connectivity index (χ4v) is 1.51. The third kappa shape index (κ3) is 0.995. The van der Waals surface area contributed by atoms with Crippen LogP contribution in [-0.2, 0) is 24.9 Å². The van der Waals surface area contributed by atoms with Crippen LogP contribution in [0.1, 0.15) is 18.2 Å². The van der Waals surface area contributed by atoms with E-state index in [1.54, 1.807) is 16.5 Å². The van der Waals surface area contributed by atoms with E-state index in [0.29, 0.717) is 6.54 Å². The summed E-state index contributed by atoms with van der Waals surface area (Å²) < 4.78 is 1.79. The Hall–Kier alpha value is -1.32. The number of hydrogen-bond acceptors (Lipinski definition) is 2. The van der Waals surface area contributed by atoms with Crippen LogP contribution in [0.4, 0.5) is 0 Å². The number of hydrogen-bond donors (Lipinski definition) is 0. The van der Waals surface area contributed by atoms with Gasteiger partial charge in [0.2, 0.25) is 5.91 Å². The van der Waals surface area contributed by atoms with Crippen LogP contribution in [0.2, 0.25) is 0 Å². The average molecular weight is 165 g/mol. The Morgan fingerprint density at radius 1 is 1.58 bits per heavy atom. The van der Waals surface area contributed by atoms with E-state index >= 15 is 0 Å². The van der Waals surface area contributed by atoms with Gasteiger partial charge < -0.3 is 4.90 Å². The lowest BCUT2D eigenvalue weighted by atomic mass is 10.3. The summed E-state index contributed by atoms with van der Waals surface area (Å²) in [6, 6.07) is 0. The van der Waals surface area contributed by atoms with Crippen LogP contribution in [0.3, 0.4) is 0 Å². The summed E-state index contributed by atoms with van der Waals surface area (Å²) in [5.41, 5.74) is 2.21. The fourth-order valence-electron chi connectivity index (χ4n) is 1.51. The van der Waals surface area contributed by atoms with Gasteiger partial charge in [-0.1, -0.05) is 0 Å². The highest BCUT2D eigenvalue weighted by molar-refractivity contribution is 5.73. The van der Waals surface area contributed by atoms with Gasteiger partial charge in [-0.2, -0.15) is 5.10 Å². The molecule has 0 saturated carbocycles. The Balaban J connectivity index is 2.24. The predicted octanol–water partition coefficient (Wildman–Crippen LogP) is 0.282. The lowest BCUT2D eigenvalue weighted by molar-refractivity contribution is -0.129. The zero-order valence-corrected chi connectivity index (χ0v) is 7.24. The summed E-state index contributed by atoms with van der Waals surface area (Å²) in [5, 5.41) is 4.25. The molecule has 2 heterocycles. The maximum atomic E-state index is 11.0. The summed E-state index contributed by atoms with van der Waals surface area (Å²) in [6.45, 7) is 2.98. The lowest BCUT2D eigenvalue weighted by Gasteiger charge is -2.11. The third-order valence-corrected chi connectivity index (χ3v) is 2.14. The molecule has 0 aliphatic carbocycles. The average Bonchev–Trinajstić information content (AvgIpc) is 2.42. The molecule has 0 unspecified atom stereocenters. The molecule has 64 valence electrons. The molecule has 4 nitrogen and oxygen atoms in total. The van der Waals surface area contributed by atoms with Crippen LogP contribution < -0.4 is 0 Å². The van der Waals surface area contributed by atoms with Gasteiger partial charge in [-0.25, -0.2) is 0 Å². The van der Waals surface area contributed by atoms with Crippen molar-refractivity contribution in [2.24, 2.45) is 7.05 Å². The van der Waals surface area contributed by atoms with E-state index in [2.05, 4.69) is 5.10 Å². The first kappa shape index (κ1) is 7.34. The first-order chi connectivity index (χ1) is 5.66. The molecule has 4 heteroatoms. The van der Waals surface area contributed by atoms with Crippen LogP contribution in [0.15, 0.2) is 6.20 Å². The monoisotopic (exact) mass is 165 g/mol. The normalized spacial score (nSPS) is 15.0. The SMILES string of the molecule is CC(=O)N1Cc2cn(C)nc2C1. The largest absolute Gasteiger partial charge is 0.332 e. The Kier molecular flexibility index (Phi) is 1.43. The van der Waals surface area contributed by atoms with Crippen molar-refractivity contribution in [1.82, 2.24) is 14.7 Å². The smallest absolute Gasteiger partial charge is 0.220 e. The molecule has 1 aromatic heterocycles. The fraction of sp³-hybridized carbons (Fsp3) is 0.500. The Morgan fingerprint density at radius 3 is 2.92 bits per heavy atom. The molecule has 1 aliphatic heterocycles. The van der Waals surface area contributed by atoms with Gasteiger partial charge in [-0.3, -0.25) is 9.48 Å². The van der Waals surface area contributed by atoms with Crippen molar-refractivity contribution in [2.75, 3.05) is 0 Å². The number of carbonyl (C=O) groups is 1. The molecule has 12 heavy (non-hydrogen) atoms. The highest BCUT2D eigenvalue weighted by atomic mass is 16.2. The zero-order chi connectivity index (χ0) is 8.72. The van der Waals surface area contributed by atoms with Crippen LogP contribution in [0.5, 0.6) is 0 Å². The standard InChI is InChI=1S/C8H11N3O/c1-6(12)11-4-7-3-10(2)9-8(7)5-11/h3H,4-5H2,1-2H3. The molecule has 0 N–H and O–H groups in total. The van der Waals surface area contributed by atoms with Crippen molar-refractivity contribution in [3.63, 3.8) is 0 Å². The molecule has 0 saturated heterocycles. The number of amides is 1. The Labute approximate surface area is 70.8 Å². The van der Waals surface area contributed by atoms with Crippen molar-refractivity contribution in [3.8, 4) is 0 Å². The quantitative estimate of drug-likeness (QED) is 0.554. The molecule has 1 aliphatic rings. The van der Waals surface area contributed by atoms with Gasteiger partial charge in [0.1, 0.15) is 0 Å². The van der Waals surface area contributed by atoms with E-state index in [-0.39, 0.29) is 5.91 Å². The van der Waals surface area contributed by atoms with Gasteiger partial charge in [0.15, 0.2) is 0 Å². The topological polar surface area (TPSA) is 38.1 Å². The number of aryl methyl sites for hydroxylation is 1. The second-order valence-electron chi connectivity index (χ2n) is 3.15. The van der Waals surface area contributed by atoms with Crippen LogP contribution in [0, 0.1) is 0 Å². The van der Waals surface area contributed by atoms with Crippen molar-refractivity contribution < 1.29 is 4.79 Å². The van der Waals surface area contributed by atoms with Gasteiger partial charge in [0.25, 0.3) is 0 Å². The number of aromatic nitrogens is 2. The molecular formula is C8H11N3O. The summed E-state index contributed by atoms with van der Waals surface area (Å²) in [6.07, 6.45) is 1.97. The molecule has 0 radical (unpaired) electrons. The first-order valence-electron chi connectivity index (χ1n) is 3.93. The molecule has 1 amide bonds. The van der Waals surface area contributed by atoms with Gasteiger partial charge in [0.05, 0.1) is 12.2 Å². The van der Waals surface area contributed by atoms with E-state index < -0.39 is 0 Å². The van der Waals surface area contributed by atoms with E-state index in [1.807, 2.05) is 13.2 Å². The minimum atomic E-state index is 0.121. The summed E-state index contributed by atoms with van der Waals surface area (Å²) >= 11 is 0. The van der Waals surface area contributed by atoms with E-state index in [4.69, 9.17) is 0 Å². The van der Waals surface area contributed by atoms with Crippen LogP contribution >= 0.6 is 0 Å². The first-order valence-corrected chi connectivity index (χ1v) is 3.93. The molecule has 0 spiro atoms. The van der Waals surface area contributed by atoms with Crippen molar-refractivity contribution >= 4 is 5.91 Å². The molecule has 0 fully saturated rings. The molecule has 0 atom stereocenters. The Morgan fingerprint density at radius 2 is 2.33 bits per heavy atom. The van der Waals surface area contributed by atoms with Crippen molar-refractivity contribution in [3.05, 3.63) is 17.5 Å². The van der Waals surface area contributed by atoms with Gasteiger partial charge in [-0.05, 0) is 0 Å². The highest BCUT2D eigenvalue weighted by Crippen LogP contribution is 2.20. The minimum absolute atomic E-state index is 0.121. The second-order valence-corrected chi connectivity index (χ2v) is 3.15. The summed E-state index contributed by atoms with van der Waals surface area (Å²) in [7, 11) is 1.90. The van der Waals surface area contributed by atoms with Crippen molar-refractivity contribution in [1.29, 1.82) is 0 Å². The second kappa shape index (κ2) is 2.33. The summed E-state index contributed by atoms with van der Waals surface area (Å²) in [5.74, 6) is 0.121. The molecule has 2 rings (SSSR count). The minimum Gasteiger partial charge on any atom is -0.332 e. The number of rotatable bonds is 0. The van der Waals surface area contributed by atoms with Crippen molar-refractivity contribution in [2.45, 2.75) is 20.0 Å². The maximum Gasteiger partial charge on any atom is 0.220 e. The lowest BCUT2D eigenvalue weighted by Crippen LogP contribution is -2.22. The summed E-state index contributed by atoms with van der Waals surface area (Å²) in [4.78, 5) is 12.8. The molecule has 1 aromatic rings. The number of fused-ring (bicyclic) bond motifs is 1. The van der Waals surface area contributed by atoms with E-state index in [1.165, 1.54) is 5.56 Å². The molecule has 0 aromatic carbocycles. The van der Waals surface area contributed by atoms with Gasteiger partial charge in [-0.15, -0.1) is 0 Å². The predicted molar refractivity (Wildman–Crippen MR) is 43.1 cm³/mol. The Bertz CT molecular complexity index is 306. The van der Waals surface area contributed by atoms with Crippen LogP contribution in [0.25, 0.3) is 0 Å². The highest BCUT2D eigenvalue weighted by Gasteiger charge is 2.23. The molecule has 0 bridgehead atoms. The maximum absolute atomic E-state index is 11.0. The third-order valence-electron chi connectivity index (χ3n) is 2.14. The van der Waals surface area contributed by atoms with E-state index in [0.717, 1.165) is 12.2 Å². The van der Waals surface area contributed by atoms with E-state index in [9.17, 15) is 4.79 Å². The molecular weight excluding hydrogens is 154 g/mol. The van der Waals surface area contributed by atoms with Gasteiger partial charge in [0, 0.05) is 32.3 Å². The number of carbonyl (C=O) groups excluding carboxylic acids is 1.